The van der Waals surface area contributed by atoms with Gasteiger partial charge >= 0.3 is 6.03 Å². The Kier molecular flexibility index (Phi) is 4.88. The third-order valence-corrected chi connectivity index (χ3v) is 4.79. The predicted octanol–water partition coefficient (Wildman–Crippen LogP) is 2.55. The summed E-state index contributed by atoms with van der Waals surface area (Å²) in [6.45, 7) is 0. The number of urea groups is 1. The number of rotatable bonds is 3. The van der Waals surface area contributed by atoms with Crippen LogP contribution < -0.4 is 10.2 Å². The number of benzene rings is 1. The van der Waals surface area contributed by atoms with Gasteiger partial charge in [-0.05, 0) is 36.6 Å². The summed E-state index contributed by atoms with van der Waals surface area (Å²) in [5, 5.41) is 2.31. The molecule has 1 aromatic rings. The van der Waals surface area contributed by atoms with E-state index < -0.39 is 17.8 Å². The zero-order valence-electron chi connectivity index (χ0n) is 14.6. The lowest BCUT2D eigenvalue weighted by Crippen LogP contribution is -2.58. The van der Waals surface area contributed by atoms with Gasteiger partial charge in [0.15, 0.2) is 0 Å². The fraction of sp³-hybridized carbons (Fsp3) is 0.421. The zero-order valence-corrected chi connectivity index (χ0v) is 14.6. The van der Waals surface area contributed by atoms with E-state index in [0.29, 0.717) is 0 Å². The van der Waals surface area contributed by atoms with Gasteiger partial charge in [0, 0.05) is 25.8 Å². The Morgan fingerprint density at radius 3 is 2.28 bits per heavy atom. The van der Waals surface area contributed by atoms with Crippen molar-refractivity contribution in [3.8, 4) is 0 Å². The largest absolute Gasteiger partial charge is 0.378 e. The Morgan fingerprint density at radius 1 is 1.04 bits per heavy atom. The summed E-state index contributed by atoms with van der Waals surface area (Å²) in [5.74, 6) is -1.11. The number of imide groups is 2. The molecule has 1 heterocycles. The highest BCUT2D eigenvalue weighted by Crippen LogP contribution is 2.26. The van der Waals surface area contributed by atoms with Crippen molar-refractivity contribution in [3.63, 3.8) is 0 Å². The van der Waals surface area contributed by atoms with Crippen molar-refractivity contribution in [3.05, 3.63) is 35.4 Å². The Labute approximate surface area is 147 Å². The average Bonchev–Trinajstić information content (AvgIpc) is 2.60. The number of amides is 4. The van der Waals surface area contributed by atoms with Crippen LogP contribution in [0.1, 0.15) is 37.7 Å². The van der Waals surface area contributed by atoms with Crippen LogP contribution >= 0.6 is 0 Å². The van der Waals surface area contributed by atoms with E-state index >= 15 is 0 Å². The summed E-state index contributed by atoms with van der Waals surface area (Å²) in [6, 6.07) is 6.83. The van der Waals surface area contributed by atoms with Crippen molar-refractivity contribution in [2.75, 3.05) is 19.0 Å². The number of carbonyl (C=O) groups excluding carboxylic acids is 3. The molecule has 2 aliphatic rings. The molecular formula is C19H23N3O3. The van der Waals surface area contributed by atoms with Crippen molar-refractivity contribution >= 4 is 29.6 Å². The third-order valence-electron chi connectivity index (χ3n) is 4.79. The quantitative estimate of drug-likeness (QED) is 0.677. The van der Waals surface area contributed by atoms with Crippen LogP contribution in [0.4, 0.5) is 10.5 Å². The van der Waals surface area contributed by atoms with Crippen LogP contribution in [0.25, 0.3) is 6.08 Å². The highest BCUT2D eigenvalue weighted by Gasteiger charge is 2.40. The van der Waals surface area contributed by atoms with Crippen LogP contribution in [0, 0.1) is 0 Å². The maximum Gasteiger partial charge on any atom is 0.331 e. The van der Waals surface area contributed by atoms with Gasteiger partial charge in [-0.1, -0.05) is 31.4 Å². The standard InChI is InChI=1S/C19H23N3O3/c1-21(2)14-10-8-13(9-11-14)12-16-17(23)20-19(25)22(18(16)24)15-6-4-3-5-7-15/h8-12,15H,3-7H2,1-2H3,(H,20,23,25)/b16-12-. The van der Waals surface area contributed by atoms with Crippen LogP contribution in [0.15, 0.2) is 29.8 Å². The summed E-state index contributed by atoms with van der Waals surface area (Å²) in [6.07, 6.45) is 6.29. The Balaban J connectivity index is 1.87. The minimum Gasteiger partial charge on any atom is -0.378 e. The summed E-state index contributed by atoms with van der Waals surface area (Å²) < 4.78 is 0. The lowest BCUT2D eigenvalue weighted by Gasteiger charge is -2.35. The van der Waals surface area contributed by atoms with Gasteiger partial charge in [-0.3, -0.25) is 19.8 Å². The lowest BCUT2D eigenvalue weighted by molar-refractivity contribution is -0.132. The Hall–Kier alpha value is -2.63. The summed E-state index contributed by atoms with van der Waals surface area (Å²) >= 11 is 0. The first-order valence-corrected chi connectivity index (χ1v) is 8.65. The monoisotopic (exact) mass is 341 g/mol. The molecule has 1 aliphatic carbocycles. The number of carbonyl (C=O) groups is 3. The minimum absolute atomic E-state index is 0.0165. The number of barbiturate groups is 1. The molecule has 1 aliphatic heterocycles. The molecular weight excluding hydrogens is 318 g/mol. The number of nitrogens with zero attached hydrogens (tertiary/aromatic N) is 2. The molecule has 1 N–H and O–H groups in total. The van der Waals surface area contributed by atoms with E-state index in [9.17, 15) is 14.4 Å². The van der Waals surface area contributed by atoms with Gasteiger partial charge in [-0.25, -0.2) is 4.79 Å². The molecule has 132 valence electrons. The van der Waals surface area contributed by atoms with Crippen molar-refractivity contribution < 1.29 is 14.4 Å². The van der Waals surface area contributed by atoms with E-state index in [4.69, 9.17) is 0 Å². The van der Waals surface area contributed by atoms with E-state index in [-0.39, 0.29) is 11.6 Å². The predicted molar refractivity (Wildman–Crippen MR) is 96.0 cm³/mol. The van der Waals surface area contributed by atoms with Crippen molar-refractivity contribution in [2.24, 2.45) is 0 Å². The van der Waals surface area contributed by atoms with Crippen molar-refractivity contribution in [1.29, 1.82) is 0 Å². The normalized spacial score (nSPS) is 20.8. The van der Waals surface area contributed by atoms with Gasteiger partial charge < -0.3 is 4.90 Å². The maximum atomic E-state index is 12.8. The molecule has 0 radical (unpaired) electrons. The lowest BCUT2D eigenvalue weighted by atomic mass is 9.93. The topological polar surface area (TPSA) is 69.7 Å². The second kappa shape index (κ2) is 7.09. The first-order valence-electron chi connectivity index (χ1n) is 8.65. The van der Waals surface area contributed by atoms with Crippen LogP contribution in [0.2, 0.25) is 0 Å². The second-order valence-corrected chi connectivity index (χ2v) is 6.77. The van der Waals surface area contributed by atoms with Gasteiger partial charge in [0.1, 0.15) is 5.57 Å². The highest BCUT2D eigenvalue weighted by atomic mass is 16.2. The molecule has 0 unspecified atom stereocenters. The summed E-state index contributed by atoms with van der Waals surface area (Å²) in [4.78, 5) is 40.3. The molecule has 1 saturated carbocycles. The molecule has 0 spiro atoms. The molecule has 1 aromatic carbocycles. The minimum atomic E-state index is -0.626. The number of hydrogen-bond acceptors (Lipinski definition) is 4. The number of nitrogens with one attached hydrogen (secondary N) is 1. The van der Waals surface area contributed by atoms with Crippen LogP contribution in [-0.4, -0.2) is 42.9 Å². The average molecular weight is 341 g/mol. The second-order valence-electron chi connectivity index (χ2n) is 6.77. The van der Waals surface area contributed by atoms with Gasteiger partial charge in [0.2, 0.25) is 0 Å². The van der Waals surface area contributed by atoms with E-state index in [1.807, 2.05) is 43.3 Å². The van der Waals surface area contributed by atoms with Crippen molar-refractivity contribution in [1.82, 2.24) is 10.2 Å². The molecule has 6 heteroatoms. The van der Waals surface area contributed by atoms with E-state index in [2.05, 4.69) is 5.32 Å². The molecule has 0 bridgehead atoms. The highest BCUT2D eigenvalue weighted by molar-refractivity contribution is 6.31. The van der Waals surface area contributed by atoms with Gasteiger partial charge in [-0.2, -0.15) is 0 Å². The van der Waals surface area contributed by atoms with E-state index in [1.165, 1.54) is 4.90 Å². The first-order chi connectivity index (χ1) is 12.0. The molecule has 0 atom stereocenters. The smallest absolute Gasteiger partial charge is 0.331 e. The molecule has 25 heavy (non-hydrogen) atoms. The molecule has 6 nitrogen and oxygen atoms in total. The third kappa shape index (κ3) is 3.57. The molecule has 4 amide bonds. The summed E-state index contributed by atoms with van der Waals surface area (Å²) in [5.41, 5.74) is 1.80. The molecule has 2 fully saturated rings. The SMILES string of the molecule is CN(C)c1ccc(/C=C2/C(=O)NC(=O)N(C3CCCCC3)C2=O)cc1. The molecule has 1 saturated heterocycles. The Bertz CT molecular complexity index is 716. The van der Waals surface area contributed by atoms with Gasteiger partial charge in [-0.15, -0.1) is 0 Å². The van der Waals surface area contributed by atoms with E-state index in [1.54, 1.807) is 6.08 Å². The number of hydrogen-bond donors (Lipinski definition) is 1. The van der Waals surface area contributed by atoms with Crippen LogP contribution in [0.5, 0.6) is 0 Å². The fourth-order valence-corrected chi connectivity index (χ4v) is 3.38. The van der Waals surface area contributed by atoms with Gasteiger partial charge in [0.25, 0.3) is 11.8 Å². The maximum absolute atomic E-state index is 12.8. The molecule has 3 rings (SSSR count). The summed E-state index contributed by atoms with van der Waals surface area (Å²) in [7, 11) is 3.89. The van der Waals surface area contributed by atoms with Gasteiger partial charge in [0.05, 0.1) is 0 Å². The zero-order chi connectivity index (χ0) is 18.0. The van der Waals surface area contributed by atoms with E-state index in [0.717, 1.165) is 43.4 Å². The van der Waals surface area contributed by atoms with Crippen molar-refractivity contribution in [2.45, 2.75) is 38.1 Å². The first kappa shape index (κ1) is 17.2. The van der Waals surface area contributed by atoms with Crippen LogP contribution in [-0.2, 0) is 9.59 Å². The Morgan fingerprint density at radius 2 is 1.68 bits per heavy atom. The molecule has 0 aromatic heterocycles. The number of anilines is 1. The van der Waals surface area contributed by atoms with Crippen LogP contribution in [0.3, 0.4) is 0 Å². The fourth-order valence-electron chi connectivity index (χ4n) is 3.38.